The second kappa shape index (κ2) is 7.39. The standard InChI is InChI=1S/C20H25NO3/c1-6-7-8-15-13-18(16-9-11-17(23-5)12-10-16)21(14-15)19(22)24-20(2,3)4/h7-14H,6H2,1-5H3/b8-7+. The number of rotatable bonds is 4. The van der Waals surface area contributed by atoms with Gasteiger partial charge in [-0.3, -0.25) is 4.57 Å². The quantitative estimate of drug-likeness (QED) is 0.758. The molecule has 1 aromatic carbocycles. The molecule has 128 valence electrons. The summed E-state index contributed by atoms with van der Waals surface area (Å²) in [6.07, 6.45) is 6.43. The Hall–Kier alpha value is -2.49. The van der Waals surface area contributed by atoms with E-state index in [4.69, 9.17) is 9.47 Å². The maximum atomic E-state index is 12.6. The molecule has 0 atom stereocenters. The van der Waals surface area contributed by atoms with Crippen LogP contribution in [0, 0.1) is 0 Å². The highest BCUT2D eigenvalue weighted by Crippen LogP contribution is 2.26. The van der Waals surface area contributed by atoms with Crippen LogP contribution in [-0.4, -0.2) is 23.4 Å². The average Bonchev–Trinajstić information content (AvgIpc) is 2.96. The largest absolute Gasteiger partial charge is 0.497 e. The summed E-state index contributed by atoms with van der Waals surface area (Å²) in [5.74, 6) is 0.778. The monoisotopic (exact) mass is 327 g/mol. The lowest BCUT2D eigenvalue weighted by atomic mass is 10.1. The van der Waals surface area contributed by atoms with Crippen molar-refractivity contribution in [1.29, 1.82) is 0 Å². The lowest BCUT2D eigenvalue weighted by Gasteiger charge is -2.20. The summed E-state index contributed by atoms with van der Waals surface area (Å²) in [6.45, 7) is 7.66. The summed E-state index contributed by atoms with van der Waals surface area (Å²) in [4.78, 5) is 12.6. The third kappa shape index (κ3) is 4.51. The van der Waals surface area contributed by atoms with Crippen molar-refractivity contribution in [3.8, 4) is 17.0 Å². The van der Waals surface area contributed by atoms with Crippen molar-refractivity contribution in [2.45, 2.75) is 39.7 Å². The van der Waals surface area contributed by atoms with Gasteiger partial charge in [-0.2, -0.15) is 0 Å². The molecule has 0 saturated carbocycles. The summed E-state index contributed by atoms with van der Waals surface area (Å²) in [7, 11) is 1.63. The van der Waals surface area contributed by atoms with Crippen LogP contribution in [0.2, 0.25) is 0 Å². The second-order valence-electron chi connectivity index (χ2n) is 6.55. The highest BCUT2D eigenvalue weighted by Gasteiger charge is 2.20. The van der Waals surface area contributed by atoms with Crippen LogP contribution in [-0.2, 0) is 4.74 Å². The Labute approximate surface area is 143 Å². The Balaban J connectivity index is 2.44. The number of hydrogen-bond acceptors (Lipinski definition) is 3. The molecular weight excluding hydrogens is 302 g/mol. The first kappa shape index (κ1) is 17.9. The minimum Gasteiger partial charge on any atom is -0.497 e. The topological polar surface area (TPSA) is 40.5 Å². The van der Waals surface area contributed by atoms with E-state index >= 15 is 0 Å². The Bertz CT molecular complexity index is 718. The third-order valence-corrected chi connectivity index (χ3v) is 3.36. The predicted molar refractivity (Wildman–Crippen MR) is 97.4 cm³/mol. The van der Waals surface area contributed by atoms with E-state index in [0.717, 1.165) is 29.0 Å². The Morgan fingerprint density at radius 3 is 2.42 bits per heavy atom. The zero-order chi connectivity index (χ0) is 17.7. The maximum absolute atomic E-state index is 12.6. The molecule has 0 N–H and O–H groups in total. The van der Waals surface area contributed by atoms with E-state index in [-0.39, 0.29) is 6.09 Å². The maximum Gasteiger partial charge on any atom is 0.419 e. The molecule has 0 aliphatic rings. The van der Waals surface area contributed by atoms with Gasteiger partial charge in [0.1, 0.15) is 11.4 Å². The van der Waals surface area contributed by atoms with Crippen molar-refractivity contribution >= 4 is 12.2 Å². The zero-order valence-corrected chi connectivity index (χ0v) is 15.0. The highest BCUT2D eigenvalue weighted by atomic mass is 16.6. The van der Waals surface area contributed by atoms with E-state index in [0.29, 0.717) is 0 Å². The fraction of sp³-hybridized carbons (Fsp3) is 0.350. The third-order valence-electron chi connectivity index (χ3n) is 3.36. The number of nitrogens with zero attached hydrogens (tertiary/aromatic N) is 1. The van der Waals surface area contributed by atoms with Crippen molar-refractivity contribution in [3.63, 3.8) is 0 Å². The van der Waals surface area contributed by atoms with Crippen molar-refractivity contribution in [3.05, 3.63) is 48.2 Å². The Morgan fingerprint density at radius 2 is 1.88 bits per heavy atom. The van der Waals surface area contributed by atoms with Gasteiger partial charge in [0.15, 0.2) is 0 Å². The smallest absolute Gasteiger partial charge is 0.419 e. The number of aromatic nitrogens is 1. The lowest BCUT2D eigenvalue weighted by molar-refractivity contribution is 0.0540. The lowest BCUT2D eigenvalue weighted by Crippen LogP contribution is -2.27. The molecule has 1 aromatic heterocycles. The minimum absolute atomic E-state index is 0.385. The fourth-order valence-corrected chi connectivity index (χ4v) is 2.27. The molecule has 2 aromatic rings. The van der Waals surface area contributed by atoms with E-state index in [9.17, 15) is 4.79 Å². The summed E-state index contributed by atoms with van der Waals surface area (Å²) < 4.78 is 12.3. The Morgan fingerprint density at radius 1 is 1.21 bits per heavy atom. The first-order valence-corrected chi connectivity index (χ1v) is 8.10. The normalized spacial score (nSPS) is 11.7. The number of carbonyl (C=O) groups excluding carboxylic acids is 1. The number of allylic oxidation sites excluding steroid dienone is 1. The van der Waals surface area contributed by atoms with Gasteiger partial charge in [-0.05, 0) is 68.7 Å². The zero-order valence-electron chi connectivity index (χ0n) is 15.0. The number of carbonyl (C=O) groups is 1. The molecule has 0 spiro atoms. The van der Waals surface area contributed by atoms with E-state index in [2.05, 4.69) is 13.0 Å². The van der Waals surface area contributed by atoms with Crippen LogP contribution in [0.3, 0.4) is 0 Å². The molecule has 24 heavy (non-hydrogen) atoms. The van der Waals surface area contributed by atoms with E-state index in [1.54, 1.807) is 17.9 Å². The average molecular weight is 327 g/mol. The molecular formula is C20H25NO3. The molecule has 0 aliphatic carbocycles. The Kier molecular flexibility index (Phi) is 5.50. The van der Waals surface area contributed by atoms with Gasteiger partial charge in [-0.1, -0.05) is 19.1 Å². The number of benzene rings is 1. The van der Waals surface area contributed by atoms with Gasteiger partial charge in [0.25, 0.3) is 0 Å². The van der Waals surface area contributed by atoms with Gasteiger partial charge < -0.3 is 9.47 Å². The summed E-state index contributed by atoms with van der Waals surface area (Å²) >= 11 is 0. The molecule has 0 saturated heterocycles. The molecule has 0 unspecified atom stereocenters. The molecule has 0 amide bonds. The number of methoxy groups -OCH3 is 1. The summed E-state index contributed by atoms with van der Waals surface area (Å²) in [5, 5.41) is 0. The van der Waals surface area contributed by atoms with Crippen LogP contribution in [0.1, 0.15) is 39.7 Å². The van der Waals surface area contributed by atoms with Crippen molar-refractivity contribution in [2.75, 3.05) is 7.11 Å². The van der Waals surface area contributed by atoms with Crippen molar-refractivity contribution in [1.82, 2.24) is 4.57 Å². The van der Waals surface area contributed by atoms with Crippen LogP contribution >= 0.6 is 0 Å². The van der Waals surface area contributed by atoms with Gasteiger partial charge >= 0.3 is 6.09 Å². The first-order chi connectivity index (χ1) is 11.3. The van der Waals surface area contributed by atoms with E-state index in [1.807, 2.05) is 57.2 Å². The van der Waals surface area contributed by atoms with Crippen molar-refractivity contribution in [2.24, 2.45) is 0 Å². The number of hydrogen-bond donors (Lipinski definition) is 0. The van der Waals surface area contributed by atoms with Gasteiger partial charge in [-0.25, -0.2) is 4.79 Å². The van der Waals surface area contributed by atoms with Crippen LogP contribution in [0.5, 0.6) is 5.75 Å². The molecule has 0 bridgehead atoms. The van der Waals surface area contributed by atoms with Crippen LogP contribution in [0.15, 0.2) is 42.6 Å². The molecule has 2 rings (SSSR count). The van der Waals surface area contributed by atoms with E-state index < -0.39 is 5.60 Å². The molecule has 0 radical (unpaired) electrons. The second-order valence-corrected chi connectivity index (χ2v) is 6.55. The van der Waals surface area contributed by atoms with Gasteiger partial charge in [0, 0.05) is 6.20 Å². The minimum atomic E-state index is -0.544. The molecule has 4 nitrogen and oxygen atoms in total. The summed E-state index contributed by atoms with van der Waals surface area (Å²) in [5.41, 5.74) is 2.15. The first-order valence-electron chi connectivity index (χ1n) is 8.10. The summed E-state index contributed by atoms with van der Waals surface area (Å²) in [6, 6.07) is 9.61. The number of ether oxygens (including phenoxy) is 2. The molecule has 4 heteroatoms. The van der Waals surface area contributed by atoms with E-state index in [1.165, 1.54) is 0 Å². The van der Waals surface area contributed by atoms with Crippen LogP contribution < -0.4 is 4.74 Å². The van der Waals surface area contributed by atoms with Crippen molar-refractivity contribution < 1.29 is 14.3 Å². The van der Waals surface area contributed by atoms with Crippen LogP contribution in [0.25, 0.3) is 17.3 Å². The fourth-order valence-electron chi connectivity index (χ4n) is 2.27. The predicted octanol–water partition coefficient (Wildman–Crippen LogP) is 5.37. The van der Waals surface area contributed by atoms with Gasteiger partial charge in [0.05, 0.1) is 12.8 Å². The molecule has 0 aliphatic heterocycles. The van der Waals surface area contributed by atoms with Gasteiger partial charge in [-0.15, -0.1) is 0 Å². The SMILES string of the molecule is CC/C=C/c1cc(-c2ccc(OC)cc2)n(C(=O)OC(C)(C)C)c1. The van der Waals surface area contributed by atoms with Gasteiger partial charge in [0.2, 0.25) is 0 Å². The molecule has 1 heterocycles. The molecule has 0 fully saturated rings. The highest BCUT2D eigenvalue weighted by molar-refractivity contribution is 5.81. The van der Waals surface area contributed by atoms with Crippen LogP contribution in [0.4, 0.5) is 4.79 Å².